The summed E-state index contributed by atoms with van der Waals surface area (Å²) in [5, 5.41) is 12.7. The molecular weight excluding hydrogens is 560 g/mol. The van der Waals surface area contributed by atoms with Gasteiger partial charge < -0.3 is 20.1 Å². The van der Waals surface area contributed by atoms with Crippen molar-refractivity contribution in [3.05, 3.63) is 0 Å². The Morgan fingerprint density at radius 1 is 0.578 bits per heavy atom. The molecule has 0 fully saturated rings. The van der Waals surface area contributed by atoms with Crippen molar-refractivity contribution in [2.75, 3.05) is 39.3 Å². The minimum absolute atomic E-state index is 0.0102. The molecule has 0 rings (SSSR count). The summed E-state index contributed by atoms with van der Waals surface area (Å²) in [6.45, 7) is 11.1. The minimum Gasteiger partial charge on any atom is -0.462 e. The Kier molecular flexibility index (Phi) is 35.1. The van der Waals surface area contributed by atoms with Gasteiger partial charge in [-0.05, 0) is 77.4 Å². The number of Topliss-reactive ketones (excluding diaryl/α,β-unsaturated/α-hetero) is 1. The van der Waals surface area contributed by atoms with Gasteiger partial charge in [-0.15, -0.1) is 0 Å². The Hall–Kier alpha value is -0.980. The highest BCUT2D eigenvalue weighted by molar-refractivity contribution is 5.80. The fourth-order valence-corrected chi connectivity index (χ4v) is 6.07. The van der Waals surface area contributed by atoms with Gasteiger partial charge in [-0.25, -0.2) is 0 Å². The van der Waals surface area contributed by atoms with Crippen molar-refractivity contribution in [2.24, 2.45) is 0 Å². The number of aliphatic hydroxyl groups excluding tert-OH is 1. The van der Waals surface area contributed by atoms with Gasteiger partial charge in [-0.2, -0.15) is 0 Å². The first-order chi connectivity index (χ1) is 22.1. The van der Waals surface area contributed by atoms with Crippen molar-refractivity contribution >= 4 is 11.8 Å². The lowest BCUT2D eigenvalue weighted by Gasteiger charge is -2.21. The molecule has 0 radical (unpaired) electrons. The van der Waals surface area contributed by atoms with E-state index in [-0.39, 0.29) is 18.7 Å². The SMILES string of the molecule is CCCCCCCCC(CCCCCCCC)OC(=O)CCCCCCCN(CCO)CCCCCC(=O)CNCCCCC. The Morgan fingerprint density at radius 3 is 1.62 bits per heavy atom. The second-order valence-corrected chi connectivity index (χ2v) is 13.5. The zero-order valence-corrected chi connectivity index (χ0v) is 30.5. The molecular formula is C39H78N2O4. The third-order valence-electron chi connectivity index (χ3n) is 9.04. The van der Waals surface area contributed by atoms with E-state index >= 15 is 0 Å². The lowest BCUT2D eigenvalue weighted by Crippen LogP contribution is -2.29. The molecule has 0 saturated heterocycles. The molecule has 0 bridgehead atoms. The Bertz CT molecular complexity index is 614. The molecule has 0 aliphatic carbocycles. The highest BCUT2D eigenvalue weighted by Crippen LogP contribution is 2.18. The van der Waals surface area contributed by atoms with Crippen LogP contribution in [0, 0.1) is 0 Å². The molecule has 0 saturated carbocycles. The summed E-state index contributed by atoms with van der Waals surface area (Å²) in [5.74, 6) is 0.337. The quantitative estimate of drug-likeness (QED) is 0.0521. The molecule has 0 heterocycles. The molecule has 0 aromatic rings. The number of nitrogens with zero attached hydrogens (tertiary/aromatic N) is 1. The summed E-state index contributed by atoms with van der Waals surface area (Å²) in [6, 6.07) is 0. The number of rotatable bonds is 37. The summed E-state index contributed by atoms with van der Waals surface area (Å²) < 4.78 is 6.00. The molecule has 45 heavy (non-hydrogen) atoms. The number of carbonyl (C=O) groups is 2. The van der Waals surface area contributed by atoms with Gasteiger partial charge in [0.05, 0.1) is 13.2 Å². The third kappa shape index (κ3) is 32.7. The summed E-state index contributed by atoms with van der Waals surface area (Å²) in [7, 11) is 0. The zero-order valence-electron chi connectivity index (χ0n) is 30.5. The number of unbranched alkanes of at least 4 members (excludes halogenated alkanes) is 18. The molecule has 6 heteroatoms. The standard InChI is InChI=1S/C39H78N2O4/c1-4-7-10-12-15-21-28-38(29-22-16-13-11-8-5-2)45-39(44)30-23-17-14-18-25-32-41(34-35-42)33-26-19-20-27-37(43)36-40-31-24-9-6-3/h38,40,42H,4-36H2,1-3H3. The van der Waals surface area contributed by atoms with Crippen molar-refractivity contribution < 1.29 is 19.4 Å². The van der Waals surface area contributed by atoms with E-state index in [0.29, 0.717) is 25.2 Å². The number of hydrogen-bond donors (Lipinski definition) is 2. The second kappa shape index (κ2) is 35.9. The summed E-state index contributed by atoms with van der Waals surface area (Å²) in [4.78, 5) is 27.0. The normalized spacial score (nSPS) is 11.6. The summed E-state index contributed by atoms with van der Waals surface area (Å²) >= 11 is 0. The van der Waals surface area contributed by atoms with Gasteiger partial charge in [0.15, 0.2) is 0 Å². The molecule has 0 unspecified atom stereocenters. The smallest absolute Gasteiger partial charge is 0.306 e. The van der Waals surface area contributed by atoms with Crippen molar-refractivity contribution in [1.29, 1.82) is 0 Å². The van der Waals surface area contributed by atoms with Crippen LogP contribution < -0.4 is 5.32 Å². The van der Waals surface area contributed by atoms with Crippen LogP contribution >= 0.6 is 0 Å². The van der Waals surface area contributed by atoms with Crippen LogP contribution in [0.1, 0.15) is 194 Å². The monoisotopic (exact) mass is 639 g/mol. The van der Waals surface area contributed by atoms with Gasteiger partial charge in [-0.1, -0.05) is 124 Å². The van der Waals surface area contributed by atoms with Crippen LogP contribution in [0.3, 0.4) is 0 Å². The van der Waals surface area contributed by atoms with Crippen molar-refractivity contribution in [2.45, 2.75) is 200 Å². The number of carbonyl (C=O) groups excluding carboxylic acids is 2. The largest absolute Gasteiger partial charge is 0.462 e. The lowest BCUT2D eigenvalue weighted by atomic mass is 10.0. The van der Waals surface area contributed by atoms with Crippen LogP contribution in [0.4, 0.5) is 0 Å². The molecule has 0 aromatic heterocycles. The van der Waals surface area contributed by atoms with Gasteiger partial charge >= 0.3 is 5.97 Å². The van der Waals surface area contributed by atoms with Crippen LogP contribution in [-0.4, -0.2) is 67.2 Å². The number of ketones is 1. The van der Waals surface area contributed by atoms with Crippen LogP contribution in [0.25, 0.3) is 0 Å². The second-order valence-electron chi connectivity index (χ2n) is 13.5. The minimum atomic E-state index is 0.0102. The number of hydrogen-bond acceptors (Lipinski definition) is 6. The molecule has 0 spiro atoms. The predicted octanol–water partition coefficient (Wildman–Crippen LogP) is 9.94. The Labute approximate surface area is 280 Å². The van der Waals surface area contributed by atoms with Crippen LogP contribution in [0.2, 0.25) is 0 Å². The number of nitrogens with one attached hydrogen (secondary N) is 1. The van der Waals surface area contributed by atoms with Gasteiger partial charge in [0.25, 0.3) is 0 Å². The molecule has 6 nitrogen and oxygen atoms in total. The molecule has 268 valence electrons. The maximum absolute atomic E-state index is 12.6. The van der Waals surface area contributed by atoms with Crippen LogP contribution in [-0.2, 0) is 14.3 Å². The number of ether oxygens (including phenoxy) is 1. The van der Waals surface area contributed by atoms with Crippen molar-refractivity contribution in [1.82, 2.24) is 10.2 Å². The van der Waals surface area contributed by atoms with E-state index in [9.17, 15) is 14.7 Å². The number of esters is 1. The van der Waals surface area contributed by atoms with Gasteiger partial charge in [0, 0.05) is 19.4 Å². The molecule has 0 aliphatic rings. The van der Waals surface area contributed by atoms with Gasteiger partial charge in [0.1, 0.15) is 11.9 Å². The Morgan fingerprint density at radius 2 is 1.04 bits per heavy atom. The highest BCUT2D eigenvalue weighted by atomic mass is 16.5. The molecule has 0 aromatic carbocycles. The van der Waals surface area contributed by atoms with Crippen molar-refractivity contribution in [3.8, 4) is 0 Å². The van der Waals surface area contributed by atoms with E-state index in [2.05, 4.69) is 31.0 Å². The molecule has 0 aliphatic heterocycles. The first-order valence-corrected chi connectivity index (χ1v) is 19.8. The average Bonchev–Trinajstić information content (AvgIpc) is 3.03. The van der Waals surface area contributed by atoms with E-state index in [0.717, 1.165) is 96.8 Å². The van der Waals surface area contributed by atoms with E-state index in [1.54, 1.807) is 0 Å². The van der Waals surface area contributed by atoms with E-state index in [1.807, 2.05) is 0 Å². The van der Waals surface area contributed by atoms with E-state index < -0.39 is 0 Å². The predicted molar refractivity (Wildman–Crippen MR) is 193 cm³/mol. The fraction of sp³-hybridized carbons (Fsp3) is 0.949. The molecule has 2 N–H and O–H groups in total. The number of aliphatic hydroxyl groups is 1. The summed E-state index contributed by atoms with van der Waals surface area (Å²) in [5.41, 5.74) is 0. The zero-order chi connectivity index (χ0) is 33.1. The van der Waals surface area contributed by atoms with Crippen molar-refractivity contribution in [3.63, 3.8) is 0 Å². The average molecular weight is 639 g/mol. The topological polar surface area (TPSA) is 78.9 Å². The van der Waals surface area contributed by atoms with Gasteiger partial charge in [0.2, 0.25) is 0 Å². The maximum Gasteiger partial charge on any atom is 0.306 e. The molecule has 0 amide bonds. The van der Waals surface area contributed by atoms with Crippen LogP contribution in [0.15, 0.2) is 0 Å². The van der Waals surface area contributed by atoms with Crippen LogP contribution in [0.5, 0.6) is 0 Å². The molecule has 0 atom stereocenters. The lowest BCUT2D eigenvalue weighted by molar-refractivity contribution is -0.150. The van der Waals surface area contributed by atoms with E-state index in [4.69, 9.17) is 4.74 Å². The maximum atomic E-state index is 12.6. The van der Waals surface area contributed by atoms with Gasteiger partial charge in [-0.3, -0.25) is 9.59 Å². The first kappa shape index (κ1) is 44.0. The third-order valence-corrected chi connectivity index (χ3v) is 9.04. The Balaban J connectivity index is 4.03. The fourth-order valence-electron chi connectivity index (χ4n) is 6.07. The first-order valence-electron chi connectivity index (χ1n) is 19.8. The highest BCUT2D eigenvalue weighted by Gasteiger charge is 2.14. The summed E-state index contributed by atoms with van der Waals surface area (Å²) in [6.07, 6.45) is 30.9. The van der Waals surface area contributed by atoms with E-state index in [1.165, 1.54) is 89.9 Å².